The second kappa shape index (κ2) is 7.97. The molecule has 0 radical (unpaired) electrons. The molecule has 1 aromatic carbocycles. The van der Waals surface area contributed by atoms with Crippen molar-refractivity contribution in [1.29, 1.82) is 0 Å². The molecule has 1 aromatic rings. The Bertz CT molecular complexity index is 518. The average Bonchev–Trinajstić information content (AvgIpc) is 2.43. The average molecular weight is 304 g/mol. The summed E-state index contributed by atoms with van der Waals surface area (Å²) >= 11 is 0. The van der Waals surface area contributed by atoms with E-state index in [0.29, 0.717) is 12.0 Å². The van der Waals surface area contributed by atoms with E-state index in [4.69, 9.17) is 0 Å². The fraction of sp³-hybridized carbons (Fsp3) is 0.556. The highest BCUT2D eigenvalue weighted by Crippen LogP contribution is 2.16. The lowest BCUT2D eigenvalue weighted by molar-refractivity contribution is -0.127. The number of carbonyl (C=O) groups excluding carboxylic acids is 2. The molecular formula is C18H28N2O2. The van der Waals surface area contributed by atoms with Crippen molar-refractivity contribution in [3.63, 3.8) is 0 Å². The molecule has 22 heavy (non-hydrogen) atoms. The Morgan fingerprint density at radius 2 is 1.86 bits per heavy atom. The molecule has 4 heteroatoms. The van der Waals surface area contributed by atoms with Crippen LogP contribution in [0.15, 0.2) is 24.3 Å². The Labute approximate surface area is 133 Å². The van der Waals surface area contributed by atoms with Gasteiger partial charge >= 0.3 is 0 Å². The van der Waals surface area contributed by atoms with E-state index in [1.807, 2.05) is 45.9 Å². The third-order valence-corrected chi connectivity index (χ3v) is 3.38. The van der Waals surface area contributed by atoms with Gasteiger partial charge in [-0.15, -0.1) is 0 Å². The third kappa shape index (κ3) is 5.51. The van der Waals surface area contributed by atoms with Crippen LogP contribution in [0.3, 0.4) is 0 Å². The van der Waals surface area contributed by atoms with E-state index >= 15 is 0 Å². The first-order valence-corrected chi connectivity index (χ1v) is 7.96. The zero-order chi connectivity index (χ0) is 16.8. The molecule has 0 aliphatic heterocycles. The number of hydrazine groups is 1. The first-order chi connectivity index (χ1) is 10.3. The molecule has 0 unspecified atom stereocenters. The van der Waals surface area contributed by atoms with Gasteiger partial charge in [0, 0.05) is 12.0 Å². The standard InChI is InChI=1S/C18H28N2O2/c1-6-7-8-12-16(21)19-20(18(3,4)5)17(22)15-11-9-10-14(2)13-15/h9-11,13H,6-8,12H2,1-5H3,(H,19,21). The SMILES string of the molecule is CCCCCC(=O)NN(C(=O)c1cccc(C)c1)C(C)(C)C. The van der Waals surface area contributed by atoms with E-state index in [2.05, 4.69) is 12.3 Å². The van der Waals surface area contributed by atoms with Crippen molar-refractivity contribution in [1.82, 2.24) is 10.4 Å². The number of nitrogens with one attached hydrogen (secondary N) is 1. The summed E-state index contributed by atoms with van der Waals surface area (Å²) in [5.74, 6) is -0.288. The summed E-state index contributed by atoms with van der Waals surface area (Å²) in [6, 6.07) is 7.41. The number of amides is 2. The summed E-state index contributed by atoms with van der Waals surface area (Å²) in [6.07, 6.45) is 3.38. The molecule has 2 amide bonds. The van der Waals surface area contributed by atoms with Gasteiger partial charge in [-0.25, -0.2) is 5.01 Å². The number of nitrogens with zero attached hydrogens (tertiary/aromatic N) is 1. The van der Waals surface area contributed by atoms with Crippen LogP contribution in [-0.4, -0.2) is 22.4 Å². The van der Waals surface area contributed by atoms with Crippen molar-refractivity contribution in [2.45, 2.75) is 65.8 Å². The molecule has 1 N–H and O–H groups in total. The van der Waals surface area contributed by atoms with Crippen LogP contribution in [0.4, 0.5) is 0 Å². The largest absolute Gasteiger partial charge is 0.273 e. The maximum Gasteiger partial charge on any atom is 0.272 e. The Balaban J connectivity index is 2.85. The second-order valence-corrected chi connectivity index (χ2v) is 6.67. The van der Waals surface area contributed by atoms with Crippen LogP contribution in [0.1, 0.15) is 69.3 Å². The molecule has 0 aliphatic carbocycles. The number of aryl methyl sites for hydroxylation is 1. The molecule has 0 atom stereocenters. The number of benzene rings is 1. The van der Waals surface area contributed by atoms with Gasteiger partial charge < -0.3 is 0 Å². The topological polar surface area (TPSA) is 49.4 Å². The minimum Gasteiger partial charge on any atom is -0.273 e. The summed E-state index contributed by atoms with van der Waals surface area (Å²) < 4.78 is 0. The minimum atomic E-state index is -0.485. The van der Waals surface area contributed by atoms with E-state index in [1.165, 1.54) is 5.01 Å². The Morgan fingerprint density at radius 1 is 1.18 bits per heavy atom. The van der Waals surface area contributed by atoms with Gasteiger partial charge in [0.1, 0.15) is 0 Å². The predicted octanol–water partition coefficient (Wildman–Crippen LogP) is 3.85. The molecule has 0 aromatic heterocycles. The van der Waals surface area contributed by atoms with Gasteiger partial charge in [0.2, 0.25) is 5.91 Å². The smallest absolute Gasteiger partial charge is 0.272 e. The lowest BCUT2D eigenvalue weighted by atomic mass is 10.1. The molecule has 122 valence electrons. The van der Waals surface area contributed by atoms with E-state index in [0.717, 1.165) is 24.8 Å². The molecule has 0 heterocycles. The normalized spacial score (nSPS) is 11.1. The summed E-state index contributed by atoms with van der Waals surface area (Å²) in [4.78, 5) is 24.8. The first-order valence-electron chi connectivity index (χ1n) is 7.96. The maximum atomic E-state index is 12.7. The molecule has 4 nitrogen and oxygen atoms in total. The quantitative estimate of drug-likeness (QED) is 0.663. The van der Waals surface area contributed by atoms with Crippen molar-refractivity contribution in [2.24, 2.45) is 0 Å². The maximum absolute atomic E-state index is 12.7. The van der Waals surface area contributed by atoms with Crippen LogP contribution < -0.4 is 5.43 Å². The Hall–Kier alpha value is -1.84. The van der Waals surface area contributed by atoms with Crippen molar-refractivity contribution < 1.29 is 9.59 Å². The van der Waals surface area contributed by atoms with Crippen molar-refractivity contribution in [3.8, 4) is 0 Å². The van der Waals surface area contributed by atoms with E-state index < -0.39 is 5.54 Å². The third-order valence-electron chi connectivity index (χ3n) is 3.38. The molecule has 0 aliphatic rings. The van der Waals surface area contributed by atoms with Gasteiger partial charge in [-0.05, 0) is 46.2 Å². The van der Waals surface area contributed by atoms with Gasteiger partial charge in [0.25, 0.3) is 5.91 Å². The van der Waals surface area contributed by atoms with Crippen LogP contribution in [-0.2, 0) is 4.79 Å². The minimum absolute atomic E-state index is 0.107. The van der Waals surface area contributed by atoms with E-state index in [-0.39, 0.29) is 11.8 Å². The van der Waals surface area contributed by atoms with Gasteiger partial charge in [-0.3, -0.25) is 15.0 Å². The predicted molar refractivity (Wildman–Crippen MR) is 89.4 cm³/mol. The van der Waals surface area contributed by atoms with Crippen LogP contribution in [0.25, 0.3) is 0 Å². The van der Waals surface area contributed by atoms with Gasteiger partial charge in [-0.2, -0.15) is 0 Å². The van der Waals surface area contributed by atoms with Crippen LogP contribution in [0.2, 0.25) is 0 Å². The molecule has 0 fully saturated rings. The van der Waals surface area contributed by atoms with Crippen molar-refractivity contribution >= 4 is 11.8 Å². The fourth-order valence-electron chi connectivity index (χ4n) is 2.15. The molecule has 1 rings (SSSR count). The molecule has 0 saturated heterocycles. The zero-order valence-corrected chi connectivity index (χ0v) is 14.4. The van der Waals surface area contributed by atoms with E-state index in [9.17, 15) is 9.59 Å². The Morgan fingerprint density at radius 3 is 2.41 bits per heavy atom. The number of rotatable bonds is 5. The number of hydrogen-bond acceptors (Lipinski definition) is 2. The highest BCUT2D eigenvalue weighted by molar-refractivity contribution is 5.96. The summed E-state index contributed by atoms with van der Waals surface area (Å²) in [6.45, 7) is 9.77. The molecule has 0 spiro atoms. The number of unbranched alkanes of at least 4 members (excludes halogenated alkanes) is 2. The lowest BCUT2D eigenvalue weighted by Gasteiger charge is -2.35. The van der Waals surface area contributed by atoms with Crippen molar-refractivity contribution in [3.05, 3.63) is 35.4 Å². The van der Waals surface area contributed by atoms with Gasteiger partial charge in [0.05, 0.1) is 5.54 Å². The van der Waals surface area contributed by atoms with Gasteiger partial charge in [0.15, 0.2) is 0 Å². The second-order valence-electron chi connectivity index (χ2n) is 6.67. The molecular weight excluding hydrogens is 276 g/mol. The highest BCUT2D eigenvalue weighted by Gasteiger charge is 2.29. The van der Waals surface area contributed by atoms with Crippen molar-refractivity contribution in [2.75, 3.05) is 0 Å². The molecule has 0 saturated carbocycles. The summed E-state index contributed by atoms with van der Waals surface area (Å²) in [7, 11) is 0. The van der Waals surface area contributed by atoms with E-state index in [1.54, 1.807) is 6.07 Å². The fourth-order valence-corrected chi connectivity index (χ4v) is 2.15. The van der Waals surface area contributed by atoms with Gasteiger partial charge in [-0.1, -0.05) is 37.5 Å². The zero-order valence-electron chi connectivity index (χ0n) is 14.4. The Kier molecular flexibility index (Phi) is 6.60. The van der Waals surface area contributed by atoms with Crippen LogP contribution in [0, 0.1) is 6.92 Å². The highest BCUT2D eigenvalue weighted by atomic mass is 16.2. The molecule has 0 bridgehead atoms. The first kappa shape index (κ1) is 18.2. The number of carbonyl (C=O) groups is 2. The van der Waals surface area contributed by atoms with Crippen LogP contribution >= 0.6 is 0 Å². The van der Waals surface area contributed by atoms with Crippen LogP contribution in [0.5, 0.6) is 0 Å². The monoisotopic (exact) mass is 304 g/mol. The summed E-state index contributed by atoms with van der Waals surface area (Å²) in [5.41, 5.74) is 3.90. The lowest BCUT2D eigenvalue weighted by Crippen LogP contribution is -2.55. The number of hydrogen-bond donors (Lipinski definition) is 1. The summed E-state index contributed by atoms with van der Waals surface area (Å²) in [5, 5.41) is 1.44.